The first-order valence-electron chi connectivity index (χ1n) is 15.4. The third kappa shape index (κ3) is 6.16. The highest BCUT2D eigenvalue weighted by Crippen LogP contribution is 2.37. The van der Waals surface area contributed by atoms with Crippen LogP contribution in [0, 0.1) is 0 Å². The zero-order valence-electron chi connectivity index (χ0n) is 25.8. The first kappa shape index (κ1) is 30.2. The van der Waals surface area contributed by atoms with E-state index in [9.17, 15) is 9.59 Å². The third-order valence-electron chi connectivity index (χ3n) is 7.97. The van der Waals surface area contributed by atoms with E-state index in [1.165, 1.54) is 0 Å². The average Bonchev–Trinajstić information content (AvgIpc) is 3.78. The number of para-hydroxylation sites is 2. The summed E-state index contributed by atoms with van der Waals surface area (Å²) in [4.78, 5) is 37.4. The minimum atomic E-state index is -0.504. The molecule has 2 N–H and O–H groups in total. The molecule has 7 nitrogen and oxygen atoms in total. The second-order valence-electron chi connectivity index (χ2n) is 11.2. The highest BCUT2D eigenvalue weighted by Gasteiger charge is 2.22. The summed E-state index contributed by atoms with van der Waals surface area (Å²) in [5.74, 6) is 0.380. The minimum Gasteiger partial charge on any atom is -0.457 e. The van der Waals surface area contributed by atoms with Crippen LogP contribution in [0.25, 0.3) is 41.6 Å². The van der Waals surface area contributed by atoms with Crippen LogP contribution in [0.5, 0.6) is 11.5 Å². The number of carbonyl (C=O) groups is 2. The SMILES string of the molecule is NC(=O)c1ccc(Oc2ccc(C(=O)N(c3cccc(-c4nc5ccccc5s4)c3)c3cccc(-c4nc5ccccc5s4)c3)cc2)cc1. The molecule has 0 radical (unpaired) electrons. The van der Waals surface area contributed by atoms with Gasteiger partial charge in [-0.1, -0.05) is 48.5 Å². The molecule has 2 amide bonds. The Labute approximate surface area is 289 Å². The van der Waals surface area contributed by atoms with Crippen molar-refractivity contribution in [2.45, 2.75) is 0 Å². The van der Waals surface area contributed by atoms with Gasteiger partial charge in [0.15, 0.2) is 0 Å². The van der Waals surface area contributed by atoms with Crippen molar-refractivity contribution >= 4 is 66.3 Å². The summed E-state index contributed by atoms with van der Waals surface area (Å²) in [5.41, 5.74) is 11.4. The lowest BCUT2D eigenvalue weighted by atomic mass is 10.1. The summed E-state index contributed by atoms with van der Waals surface area (Å²) in [7, 11) is 0. The maximum atomic E-state index is 14.5. The summed E-state index contributed by atoms with van der Waals surface area (Å²) in [6.45, 7) is 0. The zero-order valence-corrected chi connectivity index (χ0v) is 27.4. The molecule has 236 valence electrons. The number of aromatic nitrogens is 2. The van der Waals surface area contributed by atoms with Crippen LogP contribution in [-0.4, -0.2) is 21.8 Å². The van der Waals surface area contributed by atoms with E-state index in [1.807, 2.05) is 84.9 Å². The summed E-state index contributed by atoms with van der Waals surface area (Å²) < 4.78 is 8.17. The topological polar surface area (TPSA) is 98.4 Å². The fourth-order valence-corrected chi connectivity index (χ4v) is 7.47. The number of anilines is 2. The maximum Gasteiger partial charge on any atom is 0.262 e. The number of hydrogen-bond donors (Lipinski definition) is 1. The van der Waals surface area contributed by atoms with Gasteiger partial charge in [0, 0.05) is 33.6 Å². The molecule has 8 aromatic rings. The highest BCUT2D eigenvalue weighted by molar-refractivity contribution is 7.22. The number of primary amides is 1. The molecule has 0 atom stereocenters. The Morgan fingerprint density at radius 2 is 1.02 bits per heavy atom. The third-order valence-corrected chi connectivity index (χ3v) is 10.1. The fraction of sp³-hybridized carbons (Fsp3) is 0. The first-order valence-corrected chi connectivity index (χ1v) is 17.1. The van der Waals surface area contributed by atoms with E-state index >= 15 is 0 Å². The van der Waals surface area contributed by atoms with Crippen molar-refractivity contribution in [2.24, 2.45) is 5.73 Å². The molecule has 0 saturated carbocycles. The van der Waals surface area contributed by atoms with Crippen LogP contribution in [0.2, 0.25) is 0 Å². The molecule has 0 saturated heterocycles. The second-order valence-corrected chi connectivity index (χ2v) is 13.3. The van der Waals surface area contributed by atoms with Crippen LogP contribution in [0.4, 0.5) is 11.4 Å². The number of hydrogen-bond acceptors (Lipinski definition) is 7. The standard InChI is InChI=1S/C40H26N4O3S2/c41-37(45)25-15-19-31(20-16-25)47-32-21-17-26(18-22-32)40(46)44(29-9-5-7-27(23-29)38-42-33-11-1-3-13-35(33)48-38)30-10-6-8-28(24-30)39-43-34-12-2-4-14-36(34)49-39/h1-24H,(H2,41,45). The molecule has 0 spiro atoms. The van der Waals surface area contributed by atoms with Gasteiger partial charge >= 0.3 is 0 Å². The van der Waals surface area contributed by atoms with Gasteiger partial charge in [-0.15, -0.1) is 22.7 Å². The van der Waals surface area contributed by atoms with E-state index in [0.29, 0.717) is 34.0 Å². The van der Waals surface area contributed by atoms with Crippen LogP contribution in [0.15, 0.2) is 146 Å². The summed E-state index contributed by atoms with van der Waals surface area (Å²) in [6.07, 6.45) is 0. The molecule has 0 aliphatic rings. The van der Waals surface area contributed by atoms with Gasteiger partial charge in [-0.3, -0.25) is 14.5 Å². The lowest BCUT2D eigenvalue weighted by Crippen LogP contribution is -2.26. The lowest BCUT2D eigenvalue weighted by Gasteiger charge is -2.24. The molecule has 49 heavy (non-hydrogen) atoms. The van der Waals surface area contributed by atoms with Crippen molar-refractivity contribution in [3.63, 3.8) is 0 Å². The van der Waals surface area contributed by atoms with Gasteiger partial charge in [0.05, 0.1) is 20.4 Å². The molecule has 0 aliphatic carbocycles. The number of nitrogens with two attached hydrogens (primary N) is 1. The first-order chi connectivity index (χ1) is 24.0. The van der Waals surface area contributed by atoms with Crippen molar-refractivity contribution in [3.8, 4) is 32.6 Å². The number of nitrogens with zero attached hydrogens (tertiary/aromatic N) is 3. The molecule has 0 fully saturated rings. The van der Waals surface area contributed by atoms with Gasteiger partial charge in [-0.25, -0.2) is 9.97 Å². The molecule has 0 bridgehead atoms. The van der Waals surface area contributed by atoms with Crippen molar-refractivity contribution in [1.29, 1.82) is 0 Å². The Bertz CT molecular complexity index is 2300. The van der Waals surface area contributed by atoms with Crippen molar-refractivity contribution in [2.75, 3.05) is 4.90 Å². The Hall–Kier alpha value is -6.16. The van der Waals surface area contributed by atoms with Gasteiger partial charge in [-0.05, 0) is 97.1 Å². The number of ether oxygens (including phenoxy) is 1. The quantitative estimate of drug-likeness (QED) is 0.173. The molecule has 2 heterocycles. The Balaban J connectivity index is 1.16. The van der Waals surface area contributed by atoms with Crippen molar-refractivity contribution in [3.05, 3.63) is 157 Å². The number of fused-ring (bicyclic) bond motifs is 2. The predicted molar refractivity (Wildman–Crippen MR) is 198 cm³/mol. The summed E-state index contributed by atoms with van der Waals surface area (Å²) in [6, 6.07) is 45.5. The van der Waals surface area contributed by atoms with E-state index in [1.54, 1.807) is 76.1 Å². The molecule has 6 aromatic carbocycles. The van der Waals surface area contributed by atoms with Gasteiger partial charge in [-0.2, -0.15) is 0 Å². The minimum absolute atomic E-state index is 0.208. The number of benzene rings is 6. The highest BCUT2D eigenvalue weighted by atomic mass is 32.1. The van der Waals surface area contributed by atoms with Crippen LogP contribution >= 0.6 is 22.7 Å². The van der Waals surface area contributed by atoms with Crippen LogP contribution in [-0.2, 0) is 0 Å². The van der Waals surface area contributed by atoms with Gasteiger partial charge < -0.3 is 10.5 Å². The predicted octanol–water partition coefficient (Wildman–Crippen LogP) is 10.1. The molecule has 8 rings (SSSR count). The Kier molecular flexibility index (Phi) is 7.89. The number of rotatable bonds is 8. The van der Waals surface area contributed by atoms with E-state index in [0.717, 1.165) is 41.6 Å². The molecule has 0 aliphatic heterocycles. The summed E-state index contributed by atoms with van der Waals surface area (Å²) >= 11 is 3.24. The zero-order chi connectivity index (χ0) is 33.3. The normalized spacial score (nSPS) is 11.1. The van der Waals surface area contributed by atoms with Crippen LogP contribution < -0.4 is 15.4 Å². The van der Waals surface area contributed by atoms with Gasteiger partial charge in [0.2, 0.25) is 5.91 Å². The number of amides is 2. The van der Waals surface area contributed by atoms with E-state index in [2.05, 4.69) is 12.1 Å². The van der Waals surface area contributed by atoms with Crippen molar-refractivity contribution < 1.29 is 14.3 Å². The van der Waals surface area contributed by atoms with Gasteiger partial charge in [0.25, 0.3) is 5.91 Å². The monoisotopic (exact) mass is 674 g/mol. The number of carbonyl (C=O) groups excluding carboxylic acids is 2. The molecule has 0 unspecified atom stereocenters. The van der Waals surface area contributed by atoms with Gasteiger partial charge in [0.1, 0.15) is 21.5 Å². The number of thiazole rings is 2. The second kappa shape index (κ2) is 12.8. The Morgan fingerprint density at radius 1 is 0.551 bits per heavy atom. The van der Waals surface area contributed by atoms with Crippen molar-refractivity contribution in [1.82, 2.24) is 9.97 Å². The molecular weight excluding hydrogens is 649 g/mol. The van der Waals surface area contributed by atoms with E-state index < -0.39 is 5.91 Å². The van der Waals surface area contributed by atoms with E-state index in [-0.39, 0.29) is 5.91 Å². The average molecular weight is 675 g/mol. The maximum absolute atomic E-state index is 14.5. The Morgan fingerprint density at radius 3 is 1.49 bits per heavy atom. The summed E-state index contributed by atoms with van der Waals surface area (Å²) in [5, 5.41) is 1.76. The van der Waals surface area contributed by atoms with Crippen LogP contribution in [0.1, 0.15) is 20.7 Å². The largest absolute Gasteiger partial charge is 0.457 e. The van der Waals surface area contributed by atoms with Crippen LogP contribution in [0.3, 0.4) is 0 Å². The molecule has 9 heteroatoms. The van der Waals surface area contributed by atoms with E-state index in [4.69, 9.17) is 20.4 Å². The lowest BCUT2D eigenvalue weighted by molar-refractivity contribution is 0.0991. The fourth-order valence-electron chi connectivity index (χ4n) is 5.55. The molecular formula is C40H26N4O3S2. The molecule has 2 aromatic heterocycles. The smallest absolute Gasteiger partial charge is 0.262 e.